The van der Waals surface area contributed by atoms with E-state index in [4.69, 9.17) is 0 Å². The molecule has 0 fully saturated rings. The average Bonchev–Trinajstić information content (AvgIpc) is 2.81. The van der Waals surface area contributed by atoms with Crippen LogP contribution in [0.15, 0.2) is 36.7 Å². The van der Waals surface area contributed by atoms with Gasteiger partial charge >= 0.3 is 0 Å². The normalized spacial score (nSPS) is 11.2. The first kappa shape index (κ1) is 14.7. The number of aromatic nitrogens is 1. The smallest absolute Gasteiger partial charge is 0.159 e. The summed E-state index contributed by atoms with van der Waals surface area (Å²) in [6.07, 6.45) is 3.97. The molecule has 2 rings (SSSR count). The van der Waals surface area contributed by atoms with Gasteiger partial charge in [-0.1, -0.05) is 19.9 Å². The van der Waals surface area contributed by atoms with E-state index in [0.717, 1.165) is 18.7 Å². The van der Waals surface area contributed by atoms with Crippen LogP contribution in [0.4, 0.5) is 8.78 Å². The van der Waals surface area contributed by atoms with Gasteiger partial charge in [0.15, 0.2) is 11.6 Å². The Kier molecular flexibility index (Phi) is 4.90. The highest BCUT2D eigenvalue weighted by atomic mass is 19.2. The van der Waals surface area contributed by atoms with Crippen LogP contribution in [0.5, 0.6) is 0 Å². The van der Waals surface area contributed by atoms with Crippen LogP contribution < -0.4 is 5.32 Å². The van der Waals surface area contributed by atoms with Crippen LogP contribution in [0.3, 0.4) is 0 Å². The fourth-order valence-electron chi connectivity index (χ4n) is 2.05. The van der Waals surface area contributed by atoms with E-state index in [-0.39, 0.29) is 0 Å². The van der Waals surface area contributed by atoms with Gasteiger partial charge in [0.2, 0.25) is 0 Å². The molecule has 1 N–H and O–H groups in total. The van der Waals surface area contributed by atoms with Gasteiger partial charge in [0, 0.05) is 25.5 Å². The van der Waals surface area contributed by atoms with Crippen molar-refractivity contribution in [1.82, 2.24) is 9.88 Å². The van der Waals surface area contributed by atoms with Crippen molar-refractivity contribution < 1.29 is 8.78 Å². The van der Waals surface area contributed by atoms with Crippen LogP contribution in [-0.2, 0) is 13.1 Å². The average molecular weight is 278 g/mol. The quantitative estimate of drug-likeness (QED) is 0.855. The van der Waals surface area contributed by atoms with Crippen molar-refractivity contribution in [3.8, 4) is 0 Å². The molecule has 1 heterocycles. The predicted molar refractivity (Wildman–Crippen MR) is 76.4 cm³/mol. The number of halogens is 2. The van der Waals surface area contributed by atoms with Crippen molar-refractivity contribution in [2.24, 2.45) is 5.92 Å². The zero-order chi connectivity index (χ0) is 14.5. The molecule has 2 nitrogen and oxygen atoms in total. The Balaban J connectivity index is 1.93. The van der Waals surface area contributed by atoms with Crippen molar-refractivity contribution in [3.05, 3.63) is 59.4 Å². The minimum Gasteiger partial charge on any atom is -0.350 e. The summed E-state index contributed by atoms with van der Waals surface area (Å²) in [7, 11) is 0. The maximum absolute atomic E-state index is 13.1. The van der Waals surface area contributed by atoms with Gasteiger partial charge in [0.1, 0.15) is 0 Å². The van der Waals surface area contributed by atoms with E-state index in [1.165, 1.54) is 17.7 Å². The molecule has 0 spiro atoms. The lowest BCUT2D eigenvalue weighted by atomic mass is 10.2. The minimum absolute atomic E-state index is 0.543. The largest absolute Gasteiger partial charge is 0.350 e. The molecule has 0 saturated carbocycles. The molecule has 0 aliphatic heterocycles. The Morgan fingerprint density at radius 1 is 1.10 bits per heavy atom. The summed E-state index contributed by atoms with van der Waals surface area (Å²) < 4.78 is 28.0. The first-order valence-corrected chi connectivity index (χ1v) is 6.84. The molecule has 1 aromatic heterocycles. The SMILES string of the molecule is CC(C)CNCc1ccn(Cc2ccc(F)c(F)c2)c1. The van der Waals surface area contributed by atoms with E-state index in [1.807, 2.05) is 23.0 Å². The number of nitrogens with zero attached hydrogens (tertiary/aromatic N) is 1. The lowest BCUT2D eigenvalue weighted by Crippen LogP contribution is -2.18. The highest BCUT2D eigenvalue weighted by Crippen LogP contribution is 2.11. The Morgan fingerprint density at radius 3 is 2.60 bits per heavy atom. The number of nitrogens with one attached hydrogen (secondary N) is 1. The monoisotopic (exact) mass is 278 g/mol. The summed E-state index contributed by atoms with van der Waals surface area (Å²) in [5, 5.41) is 3.37. The minimum atomic E-state index is -0.806. The van der Waals surface area contributed by atoms with Crippen molar-refractivity contribution in [3.63, 3.8) is 0 Å². The predicted octanol–water partition coefficient (Wildman–Crippen LogP) is 3.56. The first-order valence-electron chi connectivity index (χ1n) is 6.84. The molecule has 108 valence electrons. The van der Waals surface area contributed by atoms with Gasteiger partial charge in [-0.15, -0.1) is 0 Å². The van der Waals surface area contributed by atoms with E-state index in [9.17, 15) is 8.78 Å². The van der Waals surface area contributed by atoms with Gasteiger partial charge in [-0.05, 0) is 41.8 Å². The molecule has 1 aromatic carbocycles. The molecule has 0 aliphatic carbocycles. The standard InChI is InChI=1S/C16H20F2N2/c1-12(2)8-19-9-14-5-6-20(11-14)10-13-3-4-15(17)16(18)7-13/h3-7,11-12,19H,8-10H2,1-2H3. The van der Waals surface area contributed by atoms with E-state index in [0.29, 0.717) is 12.5 Å². The van der Waals surface area contributed by atoms with Gasteiger partial charge in [-0.25, -0.2) is 8.78 Å². The highest BCUT2D eigenvalue weighted by Gasteiger charge is 2.04. The summed E-state index contributed by atoms with van der Waals surface area (Å²) in [4.78, 5) is 0. The van der Waals surface area contributed by atoms with E-state index in [2.05, 4.69) is 19.2 Å². The number of rotatable bonds is 6. The van der Waals surface area contributed by atoms with Crippen LogP contribution >= 0.6 is 0 Å². The molecule has 0 saturated heterocycles. The molecule has 4 heteroatoms. The number of hydrogen-bond donors (Lipinski definition) is 1. The summed E-state index contributed by atoms with van der Waals surface area (Å²) in [6.45, 7) is 6.68. The van der Waals surface area contributed by atoms with Crippen LogP contribution in [-0.4, -0.2) is 11.1 Å². The molecular weight excluding hydrogens is 258 g/mol. The molecule has 2 aromatic rings. The van der Waals surface area contributed by atoms with Crippen molar-refractivity contribution in [2.45, 2.75) is 26.9 Å². The molecule has 0 unspecified atom stereocenters. The van der Waals surface area contributed by atoms with Gasteiger partial charge in [-0.2, -0.15) is 0 Å². The fraction of sp³-hybridized carbons (Fsp3) is 0.375. The van der Waals surface area contributed by atoms with Gasteiger partial charge in [-0.3, -0.25) is 0 Å². The lowest BCUT2D eigenvalue weighted by Gasteiger charge is -2.06. The molecule has 0 atom stereocenters. The summed E-state index contributed by atoms with van der Waals surface area (Å²) in [5.41, 5.74) is 1.94. The topological polar surface area (TPSA) is 17.0 Å². The summed E-state index contributed by atoms with van der Waals surface area (Å²) >= 11 is 0. The van der Waals surface area contributed by atoms with Crippen LogP contribution in [0.2, 0.25) is 0 Å². The first-order chi connectivity index (χ1) is 9.54. The maximum Gasteiger partial charge on any atom is 0.159 e. The van der Waals surface area contributed by atoms with Crippen molar-refractivity contribution in [2.75, 3.05) is 6.54 Å². The Bertz CT molecular complexity index is 561. The Morgan fingerprint density at radius 2 is 1.90 bits per heavy atom. The van der Waals surface area contributed by atoms with E-state index < -0.39 is 11.6 Å². The third kappa shape index (κ3) is 4.17. The molecule has 0 bridgehead atoms. The second-order valence-electron chi connectivity index (χ2n) is 5.47. The van der Waals surface area contributed by atoms with Crippen LogP contribution in [0.25, 0.3) is 0 Å². The van der Waals surface area contributed by atoms with Crippen molar-refractivity contribution in [1.29, 1.82) is 0 Å². The molecule has 20 heavy (non-hydrogen) atoms. The fourth-order valence-corrected chi connectivity index (χ4v) is 2.05. The molecule has 0 amide bonds. The molecule has 0 aliphatic rings. The zero-order valence-corrected chi connectivity index (χ0v) is 11.9. The van der Waals surface area contributed by atoms with Gasteiger partial charge in [0.05, 0.1) is 0 Å². The van der Waals surface area contributed by atoms with Crippen molar-refractivity contribution >= 4 is 0 Å². The Hall–Kier alpha value is -1.68. The van der Waals surface area contributed by atoms with E-state index >= 15 is 0 Å². The van der Waals surface area contributed by atoms with E-state index in [1.54, 1.807) is 6.07 Å². The molecule has 0 radical (unpaired) electrons. The second kappa shape index (κ2) is 6.66. The second-order valence-corrected chi connectivity index (χ2v) is 5.47. The third-order valence-electron chi connectivity index (χ3n) is 3.04. The van der Waals surface area contributed by atoms with Crippen LogP contribution in [0, 0.1) is 17.6 Å². The highest BCUT2D eigenvalue weighted by molar-refractivity contribution is 5.19. The Labute approximate surface area is 118 Å². The maximum atomic E-state index is 13.1. The summed E-state index contributed by atoms with van der Waals surface area (Å²) in [5.74, 6) is -0.979. The van der Waals surface area contributed by atoms with Gasteiger partial charge in [0.25, 0.3) is 0 Å². The molecular formula is C16H20F2N2. The summed E-state index contributed by atoms with van der Waals surface area (Å²) in [6, 6.07) is 6.05. The van der Waals surface area contributed by atoms with Gasteiger partial charge < -0.3 is 9.88 Å². The van der Waals surface area contributed by atoms with Crippen LogP contribution in [0.1, 0.15) is 25.0 Å². The third-order valence-corrected chi connectivity index (χ3v) is 3.04. The zero-order valence-electron chi connectivity index (χ0n) is 11.9. The number of hydrogen-bond acceptors (Lipinski definition) is 1. The lowest BCUT2D eigenvalue weighted by molar-refractivity contribution is 0.506. The number of benzene rings is 1.